The lowest BCUT2D eigenvalue weighted by Gasteiger charge is -2.10. The molecule has 0 aromatic carbocycles. The standard InChI is InChI=1S/C11H16N2O2S/c1-9(8-14)13-10(15)5-7-16-11-4-2-3-6-12-11/h2-4,6,9,14H,5,7-8H2,1H3,(H,13,15). The molecule has 1 atom stereocenters. The summed E-state index contributed by atoms with van der Waals surface area (Å²) < 4.78 is 0. The fourth-order valence-electron chi connectivity index (χ4n) is 1.07. The third-order valence-corrected chi connectivity index (χ3v) is 2.84. The van der Waals surface area contributed by atoms with Crippen LogP contribution in [0.4, 0.5) is 0 Å². The van der Waals surface area contributed by atoms with E-state index < -0.39 is 0 Å². The Hall–Kier alpha value is -1.07. The summed E-state index contributed by atoms with van der Waals surface area (Å²) in [5.74, 6) is 0.658. The second-order valence-corrected chi connectivity index (χ2v) is 4.53. The van der Waals surface area contributed by atoms with E-state index >= 15 is 0 Å². The van der Waals surface area contributed by atoms with Gasteiger partial charge in [0, 0.05) is 24.4 Å². The van der Waals surface area contributed by atoms with Crippen LogP contribution >= 0.6 is 11.8 Å². The predicted octanol–water partition coefficient (Wildman–Crippen LogP) is 1.06. The van der Waals surface area contributed by atoms with Crippen LogP contribution in [0, 0.1) is 0 Å². The molecule has 0 aliphatic rings. The smallest absolute Gasteiger partial charge is 0.221 e. The average molecular weight is 240 g/mol. The van der Waals surface area contributed by atoms with Crippen LogP contribution in [0.3, 0.4) is 0 Å². The van der Waals surface area contributed by atoms with E-state index in [1.807, 2.05) is 18.2 Å². The second-order valence-electron chi connectivity index (χ2n) is 3.42. The van der Waals surface area contributed by atoms with Gasteiger partial charge in [0.25, 0.3) is 0 Å². The van der Waals surface area contributed by atoms with Crippen molar-refractivity contribution in [2.75, 3.05) is 12.4 Å². The molecule has 0 bridgehead atoms. The van der Waals surface area contributed by atoms with E-state index in [9.17, 15) is 4.79 Å². The number of rotatable bonds is 6. The van der Waals surface area contributed by atoms with E-state index in [1.165, 1.54) is 0 Å². The number of aromatic nitrogens is 1. The molecule has 0 spiro atoms. The number of aliphatic hydroxyl groups is 1. The molecule has 1 aromatic rings. The predicted molar refractivity (Wildman–Crippen MR) is 64.3 cm³/mol. The van der Waals surface area contributed by atoms with Crippen LogP contribution in [0.1, 0.15) is 13.3 Å². The summed E-state index contributed by atoms with van der Waals surface area (Å²) in [7, 11) is 0. The lowest BCUT2D eigenvalue weighted by atomic mass is 10.3. The molecule has 16 heavy (non-hydrogen) atoms. The number of pyridine rings is 1. The molecule has 0 fully saturated rings. The molecule has 0 saturated heterocycles. The first-order valence-corrected chi connectivity index (χ1v) is 6.15. The molecule has 88 valence electrons. The highest BCUT2D eigenvalue weighted by Crippen LogP contribution is 2.14. The van der Waals surface area contributed by atoms with E-state index in [-0.39, 0.29) is 18.6 Å². The van der Waals surface area contributed by atoms with Crippen molar-refractivity contribution in [1.29, 1.82) is 0 Å². The molecule has 1 rings (SSSR count). The van der Waals surface area contributed by atoms with Gasteiger partial charge in [-0.25, -0.2) is 4.98 Å². The van der Waals surface area contributed by atoms with E-state index in [0.29, 0.717) is 12.2 Å². The van der Waals surface area contributed by atoms with Gasteiger partial charge in [0.2, 0.25) is 5.91 Å². The van der Waals surface area contributed by atoms with Crippen LogP contribution in [-0.2, 0) is 4.79 Å². The number of thioether (sulfide) groups is 1. The highest BCUT2D eigenvalue weighted by Gasteiger charge is 2.05. The van der Waals surface area contributed by atoms with Crippen LogP contribution in [0.25, 0.3) is 0 Å². The van der Waals surface area contributed by atoms with Gasteiger partial charge in [-0.2, -0.15) is 0 Å². The Kier molecular flexibility index (Phi) is 5.88. The van der Waals surface area contributed by atoms with Gasteiger partial charge in [-0.3, -0.25) is 4.79 Å². The van der Waals surface area contributed by atoms with Crippen LogP contribution in [0.5, 0.6) is 0 Å². The number of aliphatic hydroxyl groups excluding tert-OH is 1. The Morgan fingerprint density at radius 2 is 2.44 bits per heavy atom. The largest absolute Gasteiger partial charge is 0.394 e. The van der Waals surface area contributed by atoms with Crippen molar-refractivity contribution in [3.05, 3.63) is 24.4 Å². The van der Waals surface area contributed by atoms with Gasteiger partial charge in [0.1, 0.15) is 0 Å². The van der Waals surface area contributed by atoms with Crippen LogP contribution in [0.15, 0.2) is 29.4 Å². The fraction of sp³-hybridized carbons (Fsp3) is 0.455. The maximum absolute atomic E-state index is 11.3. The normalized spacial score (nSPS) is 12.1. The van der Waals surface area contributed by atoms with Gasteiger partial charge in [0.05, 0.1) is 11.6 Å². The molecule has 1 amide bonds. The van der Waals surface area contributed by atoms with Crippen molar-refractivity contribution >= 4 is 17.7 Å². The quantitative estimate of drug-likeness (QED) is 0.730. The summed E-state index contributed by atoms with van der Waals surface area (Å²) in [6.45, 7) is 1.74. The van der Waals surface area contributed by atoms with Crippen molar-refractivity contribution in [3.63, 3.8) is 0 Å². The van der Waals surface area contributed by atoms with Gasteiger partial charge in [0.15, 0.2) is 0 Å². The van der Waals surface area contributed by atoms with E-state index in [0.717, 1.165) is 5.03 Å². The lowest BCUT2D eigenvalue weighted by Crippen LogP contribution is -2.35. The first kappa shape index (κ1) is 13.0. The number of hydrogen-bond donors (Lipinski definition) is 2. The van der Waals surface area contributed by atoms with Gasteiger partial charge >= 0.3 is 0 Å². The first-order chi connectivity index (χ1) is 7.72. The molecular weight excluding hydrogens is 224 g/mol. The molecule has 2 N–H and O–H groups in total. The summed E-state index contributed by atoms with van der Waals surface area (Å²) >= 11 is 1.55. The van der Waals surface area contributed by atoms with Crippen molar-refractivity contribution in [1.82, 2.24) is 10.3 Å². The highest BCUT2D eigenvalue weighted by molar-refractivity contribution is 7.99. The monoisotopic (exact) mass is 240 g/mol. The average Bonchev–Trinajstić information content (AvgIpc) is 2.30. The fourth-order valence-corrected chi connectivity index (χ4v) is 1.88. The number of nitrogens with one attached hydrogen (secondary N) is 1. The Balaban J connectivity index is 2.18. The van der Waals surface area contributed by atoms with Crippen LogP contribution in [-0.4, -0.2) is 34.4 Å². The van der Waals surface area contributed by atoms with E-state index in [2.05, 4.69) is 10.3 Å². The summed E-state index contributed by atoms with van der Waals surface area (Å²) in [4.78, 5) is 15.5. The minimum atomic E-state index is -0.174. The lowest BCUT2D eigenvalue weighted by molar-refractivity contribution is -0.121. The molecule has 4 nitrogen and oxygen atoms in total. The topological polar surface area (TPSA) is 62.2 Å². The van der Waals surface area contributed by atoms with E-state index in [4.69, 9.17) is 5.11 Å². The zero-order chi connectivity index (χ0) is 11.8. The molecule has 0 aliphatic heterocycles. The van der Waals surface area contributed by atoms with Crippen LogP contribution in [0.2, 0.25) is 0 Å². The summed E-state index contributed by atoms with van der Waals surface area (Å²) in [6.07, 6.45) is 2.17. The Morgan fingerprint density at radius 3 is 3.06 bits per heavy atom. The zero-order valence-corrected chi connectivity index (χ0v) is 10.0. The number of carbonyl (C=O) groups is 1. The Labute approximate surface area is 99.5 Å². The number of nitrogens with zero attached hydrogens (tertiary/aromatic N) is 1. The maximum Gasteiger partial charge on any atom is 0.221 e. The molecule has 0 saturated carbocycles. The third-order valence-electron chi connectivity index (χ3n) is 1.90. The van der Waals surface area contributed by atoms with Crippen LogP contribution < -0.4 is 5.32 Å². The Bertz CT molecular complexity index is 319. The van der Waals surface area contributed by atoms with Crippen molar-refractivity contribution in [3.8, 4) is 0 Å². The molecule has 1 heterocycles. The minimum Gasteiger partial charge on any atom is -0.394 e. The summed E-state index contributed by atoms with van der Waals surface area (Å²) in [5, 5.41) is 12.4. The molecule has 0 aliphatic carbocycles. The number of carbonyl (C=O) groups excluding carboxylic acids is 1. The SMILES string of the molecule is CC(CO)NC(=O)CCSc1ccccn1. The van der Waals surface area contributed by atoms with Crippen molar-refractivity contribution in [2.45, 2.75) is 24.4 Å². The molecule has 5 heteroatoms. The maximum atomic E-state index is 11.3. The molecular formula is C11H16N2O2S. The molecule has 1 aromatic heterocycles. The van der Waals surface area contributed by atoms with Gasteiger partial charge in [-0.05, 0) is 19.1 Å². The second kappa shape index (κ2) is 7.24. The minimum absolute atomic E-state index is 0.0286. The highest BCUT2D eigenvalue weighted by atomic mass is 32.2. The Morgan fingerprint density at radius 1 is 1.62 bits per heavy atom. The number of amides is 1. The zero-order valence-electron chi connectivity index (χ0n) is 9.22. The van der Waals surface area contributed by atoms with Gasteiger partial charge < -0.3 is 10.4 Å². The number of hydrogen-bond acceptors (Lipinski definition) is 4. The third kappa shape index (κ3) is 5.14. The van der Waals surface area contributed by atoms with Gasteiger partial charge in [-0.15, -0.1) is 11.8 Å². The van der Waals surface area contributed by atoms with Crippen molar-refractivity contribution in [2.24, 2.45) is 0 Å². The first-order valence-electron chi connectivity index (χ1n) is 5.16. The molecule has 1 unspecified atom stereocenters. The molecule has 0 radical (unpaired) electrons. The van der Waals surface area contributed by atoms with E-state index in [1.54, 1.807) is 24.9 Å². The van der Waals surface area contributed by atoms with Crippen molar-refractivity contribution < 1.29 is 9.90 Å². The van der Waals surface area contributed by atoms with Gasteiger partial charge in [-0.1, -0.05) is 6.07 Å². The summed E-state index contributed by atoms with van der Waals surface area (Å²) in [5.41, 5.74) is 0. The summed E-state index contributed by atoms with van der Waals surface area (Å²) in [6, 6.07) is 5.52.